The number of ether oxygens (including phenoxy) is 1. The number of nitrogens with one attached hydrogen (secondary N) is 1. The molecule has 37 heavy (non-hydrogen) atoms. The highest BCUT2D eigenvalue weighted by Crippen LogP contribution is 2.44. The molecule has 0 fully saturated rings. The van der Waals surface area contributed by atoms with Gasteiger partial charge in [-0.25, -0.2) is 4.79 Å². The minimum atomic E-state index is -6.39. The van der Waals surface area contributed by atoms with Crippen molar-refractivity contribution in [1.82, 2.24) is 10.2 Å². The Balaban J connectivity index is 2.07. The van der Waals surface area contributed by atoms with Crippen molar-refractivity contribution in [2.75, 3.05) is 23.8 Å². The van der Waals surface area contributed by atoms with Crippen molar-refractivity contribution in [3.63, 3.8) is 0 Å². The zero-order chi connectivity index (χ0) is 27.8. The molecule has 2 heterocycles. The van der Waals surface area contributed by atoms with Gasteiger partial charge in [0.25, 0.3) is 5.13 Å². The highest BCUT2D eigenvalue weighted by Gasteiger charge is 2.67. The maximum Gasteiger partial charge on any atom is 0.471 e. The van der Waals surface area contributed by atoms with Gasteiger partial charge < -0.3 is 9.64 Å². The van der Waals surface area contributed by atoms with E-state index in [0.29, 0.717) is 35.4 Å². The van der Waals surface area contributed by atoms with E-state index in [1.54, 1.807) is 11.9 Å². The highest BCUT2D eigenvalue weighted by atomic mass is 32.2. The first kappa shape index (κ1) is 28.3. The number of esters is 1. The van der Waals surface area contributed by atoms with Crippen LogP contribution in [0.2, 0.25) is 0 Å². The van der Waals surface area contributed by atoms with Gasteiger partial charge in [0, 0.05) is 25.2 Å². The van der Waals surface area contributed by atoms with Gasteiger partial charge in [0.2, 0.25) is 5.01 Å². The highest BCUT2D eigenvalue weighted by molar-refractivity contribution is 7.93. The second-order valence-electron chi connectivity index (χ2n) is 7.91. The van der Waals surface area contributed by atoms with E-state index in [1.807, 2.05) is 0 Å². The summed E-state index contributed by atoms with van der Waals surface area (Å²) in [6, 6.07) is 2.00. The first-order valence-electron chi connectivity index (χ1n) is 10.3. The number of carbonyl (C=O) groups is 2. The van der Waals surface area contributed by atoms with E-state index in [4.69, 9.17) is 0 Å². The van der Waals surface area contributed by atoms with Gasteiger partial charge in [0.05, 0.1) is 12.8 Å². The molecule has 1 atom stereocenters. The second kappa shape index (κ2) is 10.2. The monoisotopic (exact) mass is 570 g/mol. The molecule has 1 aliphatic rings. The van der Waals surface area contributed by atoms with Crippen molar-refractivity contribution in [3.05, 3.63) is 22.7 Å². The van der Waals surface area contributed by atoms with Crippen molar-refractivity contribution in [1.29, 1.82) is 0 Å². The third-order valence-electron chi connectivity index (χ3n) is 5.32. The van der Waals surface area contributed by atoms with Gasteiger partial charge >= 0.3 is 27.4 Å². The van der Waals surface area contributed by atoms with E-state index < -0.39 is 38.8 Å². The van der Waals surface area contributed by atoms with Gasteiger partial charge in [0.1, 0.15) is 11.5 Å². The van der Waals surface area contributed by atoms with Crippen LogP contribution in [0.15, 0.2) is 22.4 Å². The van der Waals surface area contributed by atoms with Crippen LogP contribution in [0.5, 0.6) is 0 Å². The van der Waals surface area contributed by atoms with E-state index in [2.05, 4.69) is 25.2 Å². The molecule has 2 aromatic rings. The summed E-state index contributed by atoms with van der Waals surface area (Å²) in [7, 11) is -3.66. The second-order valence-corrected chi connectivity index (χ2v) is 10.6. The number of anilines is 2. The van der Waals surface area contributed by atoms with Crippen LogP contribution in [0, 0.1) is 0 Å². The van der Waals surface area contributed by atoms with Crippen LogP contribution >= 0.6 is 11.3 Å². The number of azo groups is 1. The molecule has 3 rings (SSSR count). The number of sulfonamides is 1. The minimum Gasteiger partial charge on any atom is -0.464 e. The smallest absolute Gasteiger partial charge is 0.464 e. The molecule has 1 aliphatic heterocycles. The van der Waals surface area contributed by atoms with Crippen LogP contribution in [-0.4, -0.2) is 62.0 Å². The molecule has 0 spiro atoms. The normalized spacial score (nSPS) is 16.5. The van der Waals surface area contributed by atoms with E-state index in [1.165, 1.54) is 17.7 Å². The number of methoxy groups -OCH3 is 1. The van der Waals surface area contributed by atoms with Gasteiger partial charge in [-0.2, -0.15) is 30.4 Å². The van der Waals surface area contributed by atoms with Crippen LogP contribution < -0.4 is 9.62 Å². The molecule has 0 radical (unpaired) electrons. The molecule has 202 valence electrons. The number of ketones is 1. The molecule has 1 unspecified atom stereocenters. The predicted molar refractivity (Wildman–Crippen MR) is 121 cm³/mol. The number of carbonyl (C=O) groups excluding carboxylic acids is 2. The molecule has 1 aromatic carbocycles. The Labute approximate surface area is 210 Å². The first-order valence-corrected chi connectivity index (χ1v) is 12.6. The Bertz CT molecular complexity index is 1350. The molecule has 1 N–H and O–H groups in total. The lowest BCUT2D eigenvalue weighted by Gasteiger charge is -2.36. The fraction of sp³-hybridized carbons (Fsp3) is 0.474. The summed E-state index contributed by atoms with van der Waals surface area (Å²) in [4.78, 5) is 24.7. The predicted octanol–water partition coefficient (Wildman–Crippen LogP) is 4.37. The molecule has 0 aliphatic carbocycles. The topological polar surface area (TPSA) is 143 Å². The van der Waals surface area contributed by atoms with Gasteiger partial charge in [-0.1, -0.05) is 11.3 Å². The van der Waals surface area contributed by atoms with Gasteiger partial charge in [-0.15, -0.1) is 20.4 Å². The quantitative estimate of drug-likeness (QED) is 0.280. The van der Waals surface area contributed by atoms with Crippen molar-refractivity contribution in [2.45, 2.75) is 43.7 Å². The van der Waals surface area contributed by atoms with Crippen LogP contribution in [0.4, 0.5) is 44.1 Å². The standard InChI is InChI=1S/C19H19F5N6O5S2/c1-9(31)6-11-5-4-10-7-12(25-27-17-28-26-15(36-17)16(32)35-3)13(8-14(10)30(11)2)29-37(33,34)19(23,24)18(20,21)22/h7-8,11,29H,4-6H2,1-3H3. The van der Waals surface area contributed by atoms with E-state index in [9.17, 15) is 40.0 Å². The molecule has 0 saturated carbocycles. The number of rotatable bonds is 8. The molecule has 18 heteroatoms. The maximum absolute atomic E-state index is 13.8. The van der Waals surface area contributed by atoms with Gasteiger partial charge in [-0.3, -0.25) is 9.52 Å². The summed E-state index contributed by atoms with van der Waals surface area (Å²) in [5, 5.41) is 8.04. The Morgan fingerprint density at radius 3 is 2.49 bits per heavy atom. The van der Waals surface area contributed by atoms with E-state index in [-0.39, 0.29) is 28.4 Å². The molecular weight excluding hydrogens is 551 g/mol. The summed E-state index contributed by atoms with van der Waals surface area (Å²) in [5.74, 6) is -0.946. The molecule has 0 amide bonds. The number of benzene rings is 1. The lowest BCUT2D eigenvalue weighted by atomic mass is 9.93. The third-order valence-corrected chi connectivity index (χ3v) is 7.51. The molecule has 0 saturated heterocycles. The van der Waals surface area contributed by atoms with E-state index in [0.717, 1.165) is 13.2 Å². The number of hydrogen-bond acceptors (Lipinski definition) is 11. The lowest BCUT2D eigenvalue weighted by Crippen LogP contribution is -2.47. The Morgan fingerprint density at radius 2 is 1.89 bits per heavy atom. The molecule has 0 bridgehead atoms. The molecular formula is C19H19F5N6O5S2. The van der Waals surface area contributed by atoms with Crippen molar-refractivity contribution in [3.8, 4) is 0 Å². The first-order chi connectivity index (χ1) is 17.1. The van der Waals surface area contributed by atoms with Crippen molar-refractivity contribution in [2.24, 2.45) is 10.2 Å². The summed E-state index contributed by atoms with van der Waals surface area (Å²) in [6.45, 7) is 1.38. The number of nitrogens with zero attached hydrogens (tertiary/aromatic N) is 5. The average molecular weight is 571 g/mol. The van der Waals surface area contributed by atoms with Crippen LogP contribution in [-0.2, 0) is 26.0 Å². The zero-order valence-corrected chi connectivity index (χ0v) is 21.0. The summed E-state index contributed by atoms with van der Waals surface area (Å²) in [6.07, 6.45) is -5.37. The number of aromatic nitrogens is 2. The zero-order valence-electron chi connectivity index (χ0n) is 19.3. The number of hydrogen-bond donors (Lipinski definition) is 1. The number of halogens is 5. The summed E-state index contributed by atoms with van der Waals surface area (Å²) in [5.41, 5.74) is -0.268. The molecule has 1 aromatic heterocycles. The fourth-order valence-electron chi connectivity index (χ4n) is 3.48. The third kappa shape index (κ3) is 5.84. The van der Waals surface area contributed by atoms with Crippen LogP contribution in [0.25, 0.3) is 0 Å². The average Bonchev–Trinajstić information content (AvgIpc) is 3.27. The Kier molecular flexibility index (Phi) is 7.83. The number of aryl methyl sites for hydroxylation is 1. The van der Waals surface area contributed by atoms with Crippen LogP contribution in [0.3, 0.4) is 0 Å². The lowest BCUT2D eigenvalue weighted by molar-refractivity contribution is -0.241. The van der Waals surface area contributed by atoms with Crippen molar-refractivity contribution >= 4 is 55.3 Å². The number of alkyl halides is 5. The summed E-state index contributed by atoms with van der Waals surface area (Å²) < 4.78 is 95.9. The number of Topliss-reactive ketones (excluding diaryl/α,β-unsaturated/α-hetero) is 1. The molecule has 11 nitrogen and oxygen atoms in total. The minimum absolute atomic E-state index is 0.125. The summed E-state index contributed by atoms with van der Waals surface area (Å²) >= 11 is 0.642. The largest absolute Gasteiger partial charge is 0.471 e. The Morgan fingerprint density at radius 1 is 1.22 bits per heavy atom. The van der Waals surface area contributed by atoms with E-state index >= 15 is 0 Å². The Hall–Kier alpha value is -3.28. The fourth-order valence-corrected chi connectivity index (χ4v) is 4.95. The SMILES string of the molecule is COC(=O)c1nnc(N=Nc2cc3c(cc2NS(=O)(=O)C(F)(F)C(F)(F)F)N(C)C(CC(C)=O)CC3)s1. The van der Waals surface area contributed by atoms with Gasteiger partial charge in [-0.05, 0) is 37.5 Å². The van der Waals surface area contributed by atoms with Crippen LogP contribution in [0.1, 0.15) is 35.1 Å². The van der Waals surface area contributed by atoms with Crippen molar-refractivity contribution < 1.29 is 44.7 Å². The number of fused-ring (bicyclic) bond motifs is 1. The van der Waals surface area contributed by atoms with Gasteiger partial charge in [0.15, 0.2) is 0 Å². The maximum atomic E-state index is 13.8.